The number of ether oxygens (including phenoxy) is 3. The quantitative estimate of drug-likeness (QED) is 0.0840. The first-order valence-electron chi connectivity index (χ1n) is 20.8. The number of nitrogens with zero attached hydrogens (tertiary/aromatic N) is 7. The minimum absolute atomic E-state index is 0.0414. The maximum Gasteiger partial charge on any atom is 0.386 e. The summed E-state index contributed by atoms with van der Waals surface area (Å²) in [6.45, 7) is 13.3. The summed E-state index contributed by atoms with van der Waals surface area (Å²) in [5, 5.41) is 4.02. The Kier molecular flexibility index (Phi) is 12.6. The van der Waals surface area contributed by atoms with E-state index in [4.69, 9.17) is 59.3 Å². The zero-order chi connectivity index (χ0) is 44.8. The number of aryl methyl sites for hydroxylation is 1. The number of fused-ring (bicyclic) bond motifs is 4. The Bertz CT molecular complexity index is 2420. The summed E-state index contributed by atoms with van der Waals surface area (Å²) in [5.41, 5.74) is 8.53. The number of nitrogen functional groups attached to an aromatic ring is 1. The molecule has 2 bridgehead atoms. The van der Waals surface area contributed by atoms with E-state index in [9.17, 15) is 9.46 Å². The highest BCUT2D eigenvalue weighted by Crippen LogP contribution is 2.59. The second-order valence-electron chi connectivity index (χ2n) is 19.6. The molecule has 0 radical (unpaired) electrons. The minimum Gasteiger partial charge on any atom is -0.407 e. The number of hydrogen-bond acceptors (Lipinski definition) is 17. The number of nitrogens with two attached hydrogens (primary N) is 1. The molecule has 19 nitrogen and oxygen atoms in total. The molecule has 0 aliphatic carbocycles. The van der Waals surface area contributed by atoms with Gasteiger partial charge in [0.2, 0.25) is 0 Å². The zero-order valence-electron chi connectivity index (χ0n) is 36.8. The molecule has 0 saturated carbocycles. The van der Waals surface area contributed by atoms with E-state index in [2.05, 4.69) is 105 Å². The van der Waals surface area contributed by atoms with Crippen LogP contribution in [0.1, 0.15) is 66.0 Å². The normalized spacial score (nSPS) is 32.8. The summed E-state index contributed by atoms with van der Waals surface area (Å²) in [4.78, 5) is 34.2. The number of nitrogens with one attached hydrogen (secondary N) is 1. The van der Waals surface area contributed by atoms with Crippen LogP contribution in [0.3, 0.4) is 0 Å². The number of thiol groups is 1. The number of imidazole rings is 1. The average Bonchev–Trinajstić information content (AvgIpc) is 3.89. The van der Waals surface area contributed by atoms with E-state index in [0.29, 0.717) is 23.0 Å². The van der Waals surface area contributed by atoms with Crippen LogP contribution in [0.15, 0.2) is 25.2 Å². The van der Waals surface area contributed by atoms with Gasteiger partial charge in [0.1, 0.15) is 66.3 Å². The highest BCUT2D eigenvalue weighted by Gasteiger charge is 2.56. The second kappa shape index (κ2) is 16.7. The molecule has 10 atom stereocenters. The van der Waals surface area contributed by atoms with Gasteiger partial charge >= 0.3 is 13.5 Å². The van der Waals surface area contributed by atoms with Crippen LogP contribution in [0.5, 0.6) is 0 Å². The van der Waals surface area contributed by atoms with Crippen LogP contribution in [-0.2, 0) is 59.5 Å². The van der Waals surface area contributed by atoms with Crippen molar-refractivity contribution in [2.24, 2.45) is 0 Å². The monoisotopic (exact) mass is 971 g/mol. The highest BCUT2D eigenvalue weighted by atomic mass is 32.7. The molecule has 4 aliphatic heterocycles. The van der Waals surface area contributed by atoms with Gasteiger partial charge in [0.25, 0.3) is 0 Å². The van der Waals surface area contributed by atoms with Gasteiger partial charge in [-0.25, -0.2) is 29.5 Å². The number of rotatable bonds is 7. The van der Waals surface area contributed by atoms with E-state index >= 15 is 0 Å². The zero-order valence-corrected chi connectivity index (χ0v) is 42.2. The second-order valence-corrected chi connectivity index (χ2v) is 35.6. The lowest BCUT2D eigenvalue weighted by molar-refractivity contribution is -0.0597. The van der Waals surface area contributed by atoms with Crippen molar-refractivity contribution in [1.29, 1.82) is 0 Å². The third kappa shape index (κ3) is 8.99. The Morgan fingerprint density at radius 3 is 2.34 bits per heavy atom. The van der Waals surface area contributed by atoms with Gasteiger partial charge in [-0.1, -0.05) is 66.9 Å². The molecular formula is C37H59N9O10P2S2Si2. The first-order valence-corrected chi connectivity index (χ1v) is 32.2. The fourth-order valence-electron chi connectivity index (χ4n) is 7.66. The van der Waals surface area contributed by atoms with Crippen LogP contribution < -0.4 is 11.1 Å². The molecule has 0 aromatic carbocycles. The van der Waals surface area contributed by atoms with E-state index in [1.54, 1.807) is 4.57 Å². The molecule has 4 N–H and O–H groups in total. The molecule has 342 valence electrons. The van der Waals surface area contributed by atoms with Crippen molar-refractivity contribution in [3.63, 3.8) is 0 Å². The molecule has 8 heterocycles. The summed E-state index contributed by atoms with van der Waals surface area (Å²) < 4.78 is 71.1. The van der Waals surface area contributed by atoms with E-state index < -0.39 is 79.0 Å². The SMILES string of the molecule is CC(C)(C)[Si](C)(C)CO[C@H]1[C@H]2OP(O)(=S)OC[C@H]3O[C@@H](n4cc5c6c(ncnc64)NCCC5)[C@H](O[Si](C)(C)C(C)(C)C)[C@@H]3OP(=O)(S)OC[C@H]1O[C@H]2n1cnc2c(N)ncnc21. The molecule has 3 saturated heterocycles. The lowest BCUT2D eigenvalue weighted by atomic mass is 10.1. The van der Waals surface area contributed by atoms with Crippen molar-refractivity contribution in [3.05, 3.63) is 30.7 Å². The summed E-state index contributed by atoms with van der Waals surface area (Å²) in [6, 6.07) is 0. The van der Waals surface area contributed by atoms with Gasteiger partial charge in [0.15, 0.2) is 32.2 Å². The Hall–Kier alpha value is -1.93. The number of hydrogen-bond donors (Lipinski definition) is 4. The largest absolute Gasteiger partial charge is 0.407 e. The van der Waals surface area contributed by atoms with E-state index in [-0.39, 0.29) is 29.1 Å². The van der Waals surface area contributed by atoms with Crippen LogP contribution in [-0.4, -0.2) is 118 Å². The van der Waals surface area contributed by atoms with Gasteiger partial charge in [-0.05, 0) is 53.4 Å². The van der Waals surface area contributed by atoms with Gasteiger partial charge in [0.05, 0.1) is 33.0 Å². The fraction of sp³-hybridized carbons (Fsp3) is 0.703. The maximum atomic E-state index is 14.7. The lowest BCUT2D eigenvalue weighted by Crippen LogP contribution is -2.49. The van der Waals surface area contributed by atoms with Gasteiger partial charge in [0, 0.05) is 19.0 Å². The third-order valence-electron chi connectivity index (χ3n) is 13.3. The van der Waals surface area contributed by atoms with Gasteiger partial charge < -0.3 is 43.7 Å². The predicted octanol–water partition coefficient (Wildman–Crippen LogP) is 6.90. The van der Waals surface area contributed by atoms with Gasteiger partial charge in [-0.3, -0.25) is 18.1 Å². The maximum absolute atomic E-state index is 14.7. The molecule has 0 spiro atoms. The summed E-state index contributed by atoms with van der Waals surface area (Å²) >= 11 is 10.4. The predicted molar refractivity (Wildman–Crippen MR) is 246 cm³/mol. The van der Waals surface area contributed by atoms with E-state index in [1.165, 1.54) is 19.0 Å². The Morgan fingerprint density at radius 1 is 0.919 bits per heavy atom. The van der Waals surface area contributed by atoms with Crippen molar-refractivity contribution >= 4 is 87.8 Å². The van der Waals surface area contributed by atoms with Crippen molar-refractivity contribution in [2.75, 3.05) is 37.0 Å². The molecule has 0 amide bonds. The molecular weight excluding hydrogens is 913 g/mol. The first-order chi connectivity index (χ1) is 28.9. The average molecular weight is 972 g/mol. The Labute approximate surface area is 373 Å². The number of aromatic nitrogens is 7. The van der Waals surface area contributed by atoms with Crippen LogP contribution in [0.2, 0.25) is 36.3 Å². The highest BCUT2D eigenvalue weighted by molar-refractivity contribution is 8.44. The standard InChI is InChI=1S/C37H59N9O10P2S2Si2/c1-36(2,3)61(7,8)20-49-26-22-15-50-57(47,59)54-27-23(16-51-58(48,60)55-28(26)34(52-22)46-19-44-25-30(38)40-17-43-33(25)46)53-35(29(27)56-62(9,10)37(4,5)6)45-14-21-12-11-13-39-31-24(21)32(45)42-18-41-31/h14,17-19,22-23,26-29,34-35H,11-13,15-16,20H2,1-10H3,(H,47,59)(H,48,60)(H2,38,40,43)(H,39,41,42)/t22-,23-,26-,27-,28-,29-,34-,35-,57?,58?/m1/s1. The Morgan fingerprint density at radius 2 is 1.61 bits per heavy atom. The molecule has 25 heteroatoms. The molecule has 8 rings (SSSR count). The Balaban J connectivity index is 1.19. The topological polar surface area (TPSA) is 224 Å². The molecule has 2 unspecified atom stereocenters. The lowest BCUT2D eigenvalue weighted by Gasteiger charge is -2.41. The third-order valence-corrected chi connectivity index (χ3v) is 25.9. The van der Waals surface area contributed by atoms with Crippen LogP contribution in [0, 0.1) is 0 Å². The van der Waals surface area contributed by atoms with Crippen molar-refractivity contribution in [1.82, 2.24) is 34.1 Å². The minimum atomic E-state index is -4.28. The molecule has 4 aromatic heterocycles. The number of anilines is 2. The summed E-state index contributed by atoms with van der Waals surface area (Å²) in [6.07, 6.45) is 0.520. The van der Waals surface area contributed by atoms with E-state index in [1.807, 2.05) is 10.8 Å². The summed E-state index contributed by atoms with van der Waals surface area (Å²) in [5.74, 6) is 0.897. The van der Waals surface area contributed by atoms with E-state index in [0.717, 1.165) is 36.2 Å². The first kappa shape index (κ1) is 46.6. The molecule has 62 heavy (non-hydrogen) atoms. The van der Waals surface area contributed by atoms with Crippen molar-refractivity contribution < 1.29 is 46.2 Å². The molecule has 4 aromatic rings. The summed E-state index contributed by atoms with van der Waals surface area (Å²) in [7, 11) is -4.71. The van der Waals surface area contributed by atoms with Gasteiger partial charge in [-0.2, -0.15) is 0 Å². The van der Waals surface area contributed by atoms with Crippen LogP contribution in [0.4, 0.5) is 11.6 Å². The molecule has 4 aliphatic rings. The van der Waals surface area contributed by atoms with Crippen LogP contribution >= 0.6 is 25.8 Å². The fourth-order valence-corrected chi connectivity index (χ4v) is 12.9. The van der Waals surface area contributed by atoms with Crippen molar-refractivity contribution in [2.45, 2.75) is 140 Å². The van der Waals surface area contributed by atoms with Gasteiger partial charge in [-0.15, -0.1) is 0 Å². The smallest absolute Gasteiger partial charge is 0.386 e. The van der Waals surface area contributed by atoms with Crippen molar-refractivity contribution in [3.8, 4) is 0 Å². The molecule has 3 fully saturated rings. The van der Waals surface area contributed by atoms with Crippen LogP contribution in [0.25, 0.3) is 22.2 Å².